The van der Waals surface area contributed by atoms with E-state index < -0.39 is 0 Å². The Hall–Kier alpha value is -0.940. The molecule has 0 saturated heterocycles. The monoisotopic (exact) mass is 280 g/mol. The van der Waals surface area contributed by atoms with Gasteiger partial charge in [0.2, 0.25) is 5.91 Å². The summed E-state index contributed by atoms with van der Waals surface area (Å²) in [5.74, 6) is 1.57. The number of rotatable bonds is 4. The maximum atomic E-state index is 11.6. The van der Waals surface area contributed by atoms with E-state index in [0.717, 1.165) is 22.2 Å². The van der Waals surface area contributed by atoms with E-state index >= 15 is 0 Å². The molecule has 1 aromatic carbocycles. The molecule has 0 spiro atoms. The van der Waals surface area contributed by atoms with Crippen molar-refractivity contribution >= 4 is 33.8 Å². The Balaban J connectivity index is 1.69. The van der Waals surface area contributed by atoms with Gasteiger partial charge in [0.1, 0.15) is 4.38 Å². The second-order valence-corrected chi connectivity index (χ2v) is 6.35. The zero-order valence-electron chi connectivity index (χ0n) is 10.3. The van der Waals surface area contributed by atoms with Gasteiger partial charge in [-0.2, -0.15) is 0 Å². The average molecular weight is 280 g/mol. The second kappa shape index (κ2) is 6.85. The molecule has 1 aliphatic rings. The fourth-order valence-electron chi connectivity index (χ4n) is 1.49. The summed E-state index contributed by atoms with van der Waals surface area (Å²) < 4.78 is 1.04. The first-order valence-electron chi connectivity index (χ1n) is 5.86. The molecule has 96 valence electrons. The lowest BCUT2D eigenvalue weighted by Crippen LogP contribution is -2.24. The zero-order chi connectivity index (χ0) is 12.8. The van der Waals surface area contributed by atoms with Crippen LogP contribution in [0.3, 0.4) is 0 Å². The molecule has 0 unspecified atom stereocenters. The van der Waals surface area contributed by atoms with Crippen LogP contribution in [0.15, 0.2) is 29.3 Å². The number of hydrogen-bond donors (Lipinski definition) is 1. The number of hydrogen-bond acceptors (Lipinski definition) is 4. The molecule has 0 atom stereocenters. The molecule has 0 saturated carbocycles. The van der Waals surface area contributed by atoms with Crippen molar-refractivity contribution in [1.82, 2.24) is 5.32 Å². The Morgan fingerprint density at radius 1 is 1.44 bits per heavy atom. The lowest BCUT2D eigenvalue weighted by Gasteiger charge is -2.05. The highest BCUT2D eigenvalue weighted by Gasteiger charge is 2.10. The van der Waals surface area contributed by atoms with Gasteiger partial charge in [-0.05, 0) is 12.5 Å². The zero-order valence-corrected chi connectivity index (χ0v) is 11.9. The Bertz CT molecular complexity index is 443. The molecule has 0 radical (unpaired) electrons. The van der Waals surface area contributed by atoms with Crippen LogP contribution in [0, 0.1) is 6.92 Å². The van der Waals surface area contributed by atoms with Crippen LogP contribution >= 0.6 is 23.5 Å². The number of carbonyl (C=O) groups excluding carboxylic acids is 1. The number of benzene rings is 1. The Morgan fingerprint density at radius 2 is 2.22 bits per heavy atom. The van der Waals surface area contributed by atoms with Crippen LogP contribution in [0.1, 0.15) is 11.1 Å². The largest absolute Gasteiger partial charge is 0.351 e. The minimum absolute atomic E-state index is 0.0655. The van der Waals surface area contributed by atoms with Gasteiger partial charge in [0.05, 0.1) is 12.3 Å². The molecule has 1 amide bonds. The Labute approximate surface area is 116 Å². The lowest BCUT2D eigenvalue weighted by molar-refractivity contribution is -0.118. The summed E-state index contributed by atoms with van der Waals surface area (Å²) in [6.07, 6.45) is 0. The van der Waals surface area contributed by atoms with Gasteiger partial charge in [0.25, 0.3) is 0 Å². The molecule has 0 fully saturated rings. The van der Waals surface area contributed by atoms with Gasteiger partial charge in [-0.15, -0.1) is 0 Å². The standard InChI is InChI=1S/C13H16N2OS2/c1-10-2-4-11(5-3-10)8-15-12(16)9-18-13-14-6-7-17-13/h2-5H,6-9H2,1H3,(H,15,16). The molecular weight excluding hydrogens is 264 g/mol. The van der Waals surface area contributed by atoms with Crippen LogP contribution < -0.4 is 5.32 Å². The molecule has 0 aliphatic carbocycles. The lowest BCUT2D eigenvalue weighted by atomic mass is 10.1. The fraction of sp³-hybridized carbons (Fsp3) is 0.385. The minimum atomic E-state index is 0.0655. The maximum absolute atomic E-state index is 11.6. The number of aryl methyl sites for hydroxylation is 1. The summed E-state index contributed by atoms with van der Waals surface area (Å²) in [6, 6.07) is 8.19. The number of carbonyl (C=O) groups is 1. The first-order chi connectivity index (χ1) is 8.74. The number of nitrogens with one attached hydrogen (secondary N) is 1. The summed E-state index contributed by atoms with van der Waals surface area (Å²) in [5.41, 5.74) is 2.36. The van der Waals surface area contributed by atoms with Crippen LogP contribution in [-0.2, 0) is 11.3 Å². The molecule has 1 aromatic rings. The van der Waals surface area contributed by atoms with Crippen molar-refractivity contribution in [3.63, 3.8) is 0 Å². The van der Waals surface area contributed by atoms with E-state index in [4.69, 9.17) is 0 Å². The molecule has 1 aliphatic heterocycles. The van der Waals surface area contributed by atoms with Crippen molar-refractivity contribution in [2.75, 3.05) is 18.1 Å². The van der Waals surface area contributed by atoms with Crippen molar-refractivity contribution in [1.29, 1.82) is 0 Å². The summed E-state index contributed by atoms with van der Waals surface area (Å²) in [4.78, 5) is 15.9. The van der Waals surface area contributed by atoms with E-state index in [1.165, 1.54) is 17.3 Å². The fourth-order valence-corrected chi connectivity index (χ4v) is 3.33. The predicted molar refractivity (Wildman–Crippen MR) is 80.2 cm³/mol. The van der Waals surface area contributed by atoms with Crippen LogP contribution in [-0.4, -0.2) is 28.3 Å². The quantitative estimate of drug-likeness (QED) is 0.921. The highest BCUT2D eigenvalue weighted by molar-refractivity contribution is 8.39. The summed E-state index contributed by atoms with van der Waals surface area (Å²) in [7, 11) is 0. The number of nitrogens with zero attached hydrogens (tertiary/aromatic N) is 1. The van der Waals surface area contributed by atoms with E-state index in [2.05, 4.69) is 29.4 Å². The smallest absolute Gasteiger partial charge is 0.230 e. The van der Waals surface area contributed by atoms with Gasteiger partial charge in [0.15, 0.2) is 0 Å². The van der Waals surface area contributed by atoms with Gasteiger partial charge in [0, 0.05) is 12.3 Å². The van der Waals surface area contributed by atoms with E-state index in [1.54, 1.807) is 11.8 Å². The van der Waals surface area contributed by atoms with Crippen molar-refractivity contribution in [2.45, 2.75) is 13.5 Å². The third-order valence-corrected chi connectivity index (χ3v) is 4.75. The molecule has 1 N–H and O–H groups in total. The highest BCUT2D eigenvalue weighted by Crippen LogP contribution is 2.21. The maximum Gasteiger partial charge on any atom is 0.230 e. The van der Waals surface area contributed by atoms with Gasteiger partial charge >= 0.3 is 0 Å². The highest BCUT2D eigenvalue weighted by atomic mass is 32.2. The first kappa shape index (κ1) is 13.5. The third-order valence-electron chi connectivity index (χ3n) is 2.49. The summed E-state index contributed by atoms with van der Waals surface area (Å²) in [6.45, 7) is 3.54. The summed E-state index contributed by atoms with van der Waals surface area (Å²) in [5, 5.41) is 2.92. The SMILES string of the molecule is Cc1ccc(CNC(=O)CSC2=NCCS2)cc1. The van der Waals surface area contributed by atoms with Crippen LogP contribution in [0.4, 0.5) is 0 Å². The average Bonchev–Trinajstić information content (AvgIpc) is 2.89. The number of amides is 1. The predicted octanol–water partition coefficient (Wildman–Crippen LogP) is 2.45. The van der Waals surface area contributed by atoms with Crippen molar-refractivity contribution in [2.24, 2.45) is 4.99 Å². The molecule has 5 heteroatoms. The molecular formula is C13H16N2OS2. The third kappa shape index (κ3) is 4.38. The molecule has 18 heavy (non-hydrogen) atoms. The van der Waals surface area contributed by atoms with Gasteiger partial charge in [-0.3, -0.25) is 9.79 Å². The Morgan fingerprint density at radius 3 is 2.89 bits per heavy atom. The van der Waals surface area contributed by atoms with E-state index in [0.29, 0.717) is 12.3 Å². The summed E-state index contributed by atoms with van der Waals surface area (Å²) >= 11 is 3.26. The van der Waals surface area contributed by atoms with Gasteiger partial charge in [-0.1, -0.05) is 53.4 Å². The first-order valence-corrected chi connectivity index (χ1v) is 7.83. The van der Waals surface area contributed by atoms with E-state index in [9.17, 15) is 4.79 Å². The van der Waals surface area contributed by atoms with Crippen molar-refractivity contribution < 1.29 is 4.79 Å². The van der Waals surface area contributed by atoms with Crippen LogP contribution in [0.25, 0.3) is 0 Å². The molecule has 1 heterocycles. The van der Waals surface area contributed by atoms with Crippen molar-refractivity contribution in [3.05, 3.63) is 35.4 Å². The normalized spacial score (nSPS) is 14.4. The molecule has 3 nitrogen and oxygen atoms in total. The number of aliphatic imine (C=N–C) groups is 1. The van der Waals surface area contributed by atoms with Crippen molar-refractivity contribution in [3.8, 4) is 0 Å². The van der Waals surface area contributed by atoms with Gasteiger partial charge in [-0.25, -0.2) is 0 Å². The Kier molecular flexibility index (Phi) is 5.13. The topological polar surface area (TPSA) is 41.5 Å². The van der Waals surface area contributed by atoms with E-state index in [1.807, 2.05) is 12.1 Å². The molecule has 0 aromatic heterocycles. The van der Waals surface area contributed by atoms with Gasteiger partial charge < -0.3 is 5.32 Å². The second-order valence-electron chi connectivity index (χ2n) is 4.05. The minimum Gasteiger partial charge on any atom is -0.351 e. The van der Waals surface area contributed by atoms with E-state index in [-0.39, 0.29) is 5.91 Å². The molecule has 0 bridgehead atoms. The number of thioether (sulfide) groups is 2. The molecule has 2 rings (SSSR count). The van der Waals surface area contributed by atoms with Crippen LogP contribution in [0.2, 0.25) is 0 Å². The van der Waals surface area contributed by atoms with Crippen LogP contribution in [0.5, 0.6) is 0 Å².